The number of esters is 1. The van der Waals surface area contributed by atoms with Gasteiger partial charge < -0.3 is 20.1 Å². The van der Waals surface area contributed by atoms with Gasteiger partial charge in [0.15, 0.2) is 0 Å². The molecule has 0 amide bonds. The van der Waals surface area contributed by atoms with E-state index < -0.39 is 37.5 Å². The van der Waals surface area contributed by atoms with E-state index in [1.54, 1.807) is 13.8 Å². The maximum atomic E-state index is 11.5. The molecule has 0 rings (SSSR count). The summed E-state index contributed by atoms with van der Waals surface area (Å²) in [4.78, 5) is 21.2. The molecule has 1 atom stereocenters. The van der Waals surface area contributed by atoms with Gasteiger partial charge in [0.25, 0.3) is 0 Å². The molecule has 0 aliphatic heterocycles. The molecule has 7 heteroatoms. The van der Waals surface area contributed by atoms with Gasteiger partial charge in [0.2, 0.25) is 6.29 Å². The molecule has 0 saturated heterocycles. The quantitative estimate of drug-likeness (QED) is 0.176. The highest BCUT2D eigenvalue weighted by Gasteiger charge is 2.43. The number of aliphatic hydroxyl groups excluding tert-OH is 3. The van der Waals surface area contributed by atoms with Gasteiger partial charge in [0, 0.05) is 5.57 Å². The lowest BCUT2D eigenvalue weighted by atomic mass is 9.90. The molecule has 0 aliphatic rings. The molecule has 0 aromatic heterocycles. The lowest BCUT2D eigenvalue weighted by Crippen LogP contribution is -2.49. The van der Waals surface area contributed by atoms with E-state index in [9.17, 15) is 20.1 Å². The summed E-state index contributed by atoms with van der Waals surface area (Å²) in [5.74, 6) is -0.780. The Balaban J connectivity index is 5.01. The first-order valence-corrected chi connectivity index (χ1v) is 5.84. The third-order valence-corrected chi connectivity index (χ3v) is 2.34. The van der Waals surface area contributed by atoms with Gasteiger partial charge in [-0.3, -0.25) is 0 Å². The highest BCUT2D eigenvalue weighted by molar-refractivity contribution is 5.87. The second-order valence-corrected chi connectivity index (χ2v) is 4.60. The second-order valence-electron chi connectivity index (χ2n) is 4.60. The molecule has 0 fully saturated rings. The third-order valence-electron chi connectivity index (χ3n) is 2.34. The number of hydrogen-bond donors (Lipinski definition) is 3. The fourth-order valence-corrected chi connectivity index (χ4v) is 0.980. The first kappa shape index (κ1) is 18.0. The van der Waals surface area contributed by atoms with Gasteiger partial charge in [-0.2, -0.15) is 4.89 Å². The minimum absolute atomic E-state index is 0.112. The Bertz CT molecular complexity index is 288. The Morgan fingerprint density at radius 2 is 1.63 bits per heavy atom. The van der Waals surface area contributed by atoms with Gasteiger partial charge in [-0.05, 0) is 20.8 Å². The molecular weight excluding hydrogens is 256 g/mol. The number of aliphatic hydroxyl groups is 3. The van der Waals surface area contributed by atoms with E-state index in [1.807, 2.05) is 0 Å². The SMILES string of the molecule is C=C(C)C(=O)OC(OOC(C)C)C(CO)(CO)CO. The average Bonchev–Trinajstić information content (AvgIpc) is 2.37. The summed E-state index contributed by atoms with van der Waals surface area (Å²) in [6, 6.07) is 0. The van der Waals surface area contributed by atoms with E-state index in [0.717, 1.165) is 0 Å². The average molecular weight is 278 g/mol. The van der Waals surface area contributed by atoms with Crippen LogP contribution in [0.25, 0.3) is 0 Å². The summed E-state index contributed by atoms with van der Waals surface area (Å²) in [6.45, 7) is 6.22. The van der Waals surface area contributed by atoms with Crippen LogP contribution in [0.3, 0.4) is 0 Å². The first-order chi connectivity index (χ1) is 8.82. The van der Waals surface area contributed by atoms with Gasteiger partial charge in [-0.1, -0.05) is 6.58 Å². The molecule has 0 heterocycles. The van der Waals surface area contributed by atoms with E-state index in [4.69, 9.17) is 14.5 Å². The molecule has 0 radical (unpaired) electrons. The number of ether oxygens (including phenoxy) is 1. The zero-order chi connectivity index (χ0) is 15.1. The normalized spacial score (nSPS) is 13.4. The Kier molecular flexibility index (Phi) is 7.81. The highest BCUT2D eigenvalue weighted by Crippen LogP contribution is 2.25. The van der Waals surface area contributed by atoms with Crippen molar-refractivity contribution >= 4 is 5.97 Å². The molecule has 112 valence electrons. The zero-order valence-corrected chi connectivity index (χ0v) is 11.5. The Hall–Kier alpha value is -0.990. The second kappa shape index (κ2) is 8.23. The fourth-order valence-electron chi connectivity index (χ4n) is 0.980. The predicted octanol–water partition coefficient (Wildman–Crippen LogP) is -0.248. The summed E-state index contributed by atoms with van der Waals surface area (Å²) in [7, 11) is 0. The number of rotatable bonds is 9. The Labute approximate surface area is 112 Å². The highest BCUT2D eigenvalue weighted by atomic mass is 17.2. The standard InChI is InChI=1S/C12H22O7/c1-8(2)10(16)17-11(19-18-9(3)4)12(5-13,6-14)7-15/h9,11,13-15H,1,5-7H2,2-4H3. The zero-order valence-electron chi connectivity index (χ0n) is 11.5. The van der Waals surface area contributed by atoms with Crippen molar-refractivity contribution in [2.75, 3.05) is 19.8 Å². The topological polar surface area (TPSA) is 105 Å². The minimum Gasteiger partial charge on any atom is -0.429 e. The number of hydrogen-bond acceptors (Lipinski definition) is 7. The van der Waals surface area contributed by atoms with Gasteiger partial charge in [-0.25, -0.2) is 9.68 Å². The summed E-state index contributed by atoms with van der Waals surface area (Å²) in [5, 5.41) is 27.9. The fraction of sp³-hybridized carbons (Fsp3) is 0.750. The van der Waals surface area contributed by atoms with Crippen molar-refractivity contribution in [2.45, 2.75) is 33.2 Å². The van der Waals surface area contributed by atoms with Crippen molar-refractivity contribution in [3.05, 3.63) is 12.2 Å². The van der Waals surface area contributed by atoms with Gasteiger partial charge in [-0.15, -0.1) is 0 Å². The molecule has 0 aliphatic carbocycles. The van der Waals surface area contributed by atoms with Crippen LogP contribution in [0.5, 0.6) is 0 Å². The van der Waals surface area contributed by atoms with Crippen LogP contribution in [0.4, 0.5) is 0 Å². The van der Waals surface area contributed by atoms with Gasteiger partial charge in [0.05, 0.1) is 25.9 Å². The van der Waals surface area contributed by atoms with Crippen LogP contribution in [-0.4, -0.2) is 53.5 Å². The van der Waals surface area contributed by atoms with E-state index >= 15 is 0 Å². The van der Waals surface area contributed by atoms with Crippen LogP contribution < -0.4 is 0 Å². The Morgan fingerprint density at radius 3 is 1.95 bits per heavy atom. The Morgan fingerprint density at radius 1 is 1.16 bits per heavy atom. The van der Waals surface area contributed by atoms with Crippen molar-refractivity contribution in [1.82, 2.24) is 0 Å². The van der Waals surface area contributed by atoms with Crippen molar-refractivity contribution in [2.24, 2.45) is 5.41 Å². The van der Waals surface area contributed by atoms with E-state index in [1.165, 1.54) is 6.92 Å². The maximum absolute atomic E-state index is 11.5. The molecule has 7 nitrogen and oxygen atoms in total. The van der Waals surface area contributed by atoms with Crippen molar-refractivity contribution in [1.29, 1.82) is 0 Å². The van der Waals surface area contributed by atoms with Gasteiger partial charge >= 0.3 is 5.97 Å². The van der Waals surface area contributed by atoms with E-state index in [-0.39, 0.29) is 11.7 Å². The van der Waals surface area contributed by atoms with Crippen LogP contribution in [0.1, 0.15) is 20.8 Å². The van der Waals surface area contributed by atoms with E-state index in [2.05, 4.69) is 6.58 Å². The summed E-state index contributed by atoms with van der Waals surface area (Å²) in [5.41, 5.74) is -1.46. The minimum atomic E-state index is -1.57. The molecule has 0 saturated carbocycles. The number of carbonyl (C=O) groups is 1. The molecular formula is C12H22O7. The molecule has 3 N–H and O–H groups in total. The van der Waals surface area contributed by atoms with Crippen molar-refractivity contribution < 1.29 is 34.6 Å². The first-order valence-electron chi connectivity index (χ1n) is 5.84. The van der Waals surface area contributed by atoms with Crippen LogP contribution in [0.15, 0.2) is 12.2 Å². The van der Waals surface area contributed by atoms with Crippen LogP contribution >= 0.6 is 0 Å². The molecule has 0 aromatic carbocycles. The van der Waals surface area contributed by atoms with Gasteiger partial charge in [0.1, 0.15) is 5.41 Å². The molecule has 0 bridgehead atoms. The smallest absolute Gasteiger partial charge is 0.335 e. The lowest BCUT2D eigenvalue weighted by molar-refractivity contribution is -0.414. The maximum Gasteiger partial charge on any atom is 0.335 e. The molecule has 0 spiro atoms. The lowest BCUT2D eigenvalue weighted by Gasteiger charge is -2.34. The van der Waals surface area contributed by atoms with Crippen molar-refractivity contribution in [3.8, 4) is 0 Å². The van der Waals surface area contributed by atoms with Crippen LogP contribution in [0, 0.1) is 5.41 Å². The third kappa shape index (κ3) is 5.25. The van der Waals surface area contributed by atoms with Crippen LogP contribution in [-0.2, 0) is 19.3 Å². The van der Waals surface area contributed by atoms with Crippen molar-refractivity contribution in [3.63, 3.8) is 0 Å². The molecule has 19 heavy (non-hydrogen) atoms. The predicted molar refractivity (Wildman–Crippen MR) is 65.7 cm³/mol. The monoisotopic (exact) mass is 278 g/mol. The summed E-state index contributed by atoms with van der Waals surface area (Å²) in [6.07, 6.45) is -1.79. The largest absolute Gasteiger partial charge is 0.429 e. The molecule has 0 aromatic rings. The summed E-state index contributed by atoms with van der Waals surface area (Å²) >= 11 is 0. The summed E-state index contributed by atoms with van der Waals surface area (Å²) < 4.78 is 4.93. The van der Waals surface area contributed by atoms with Crippen LogP contribution in [0.2, 0.25) is 0 Å². The van der Waals surface area contributed by atoms with E-state index in [0.29, 0.717) is 0 Å². The number of carbonyl (C=O) groups excluding carboxylic acids is 1. The molecule has 1 unspecified atom stereocenters.